The first-order chi connectivity index (χ1) is 10.6. The fourth-order valence-electron chi connectivity index (χ4n) is 2.08. The molecule has 0 aliphatic rings. The lowest BCUT2D eigenvalue weighted by Gasteiger charge is -2.24. The van der Waals surface area contributed by atoms with Crippen molar-refractivity contribution in [2.75, 3.05) is 6.54 Å². The van der Waals surface area contributed by atoms with Crippen molar-refractivity contribution in [2.45, 2.75) is 58.7 Å². The maximum atomic E-state index is 13.0. The summed E-state index contributed by atoms with van der Waals surface area (Å²) in [7, 11) is 0. The normalized spacial score (nSPS) is 14.2. The van der Waals surface area contributed by atoms with Gasteiger partial charge in [-0.2, -0.15) is 0 Å². The van der Waals surface area contributed by atoms with Gasteiger partial charge >= 0.3 is 6.09 Å². The Morgan fingerprint density at radius 3 is 2.57 bits per heavy atom. The quantitative estimate of drug-likeness (QED) is 0.748. The van der Waals surface area contributed by atoms with E-state index in [1.54, 1.807) is 6.07 Å². The van der Waals surface area contributed by atoms with Crippen LogP contribution in [-0.4, -0.2) is 29.4 Å². The minimum atomic E-state index is -0.539. The zero-order valence-electron chi connectivity index (χ0n) is 14.4. The third-order valence-electron chi connectivity index (χ3n) is 3.34. The van der Waals surface area contributed by atoms with E-state index in [4.69, 9.17) is 4.74 Å². The van der Waals surface area contributed by atoms with Crippen LogP contribution >= 0.6 is 0 Å². The Balaban J connectivity index is 2.55. The molecule has 6 heteroatoms. The van der Waals surface area contributed by atoms with Gasteiger partial charge in [0.1, 0.15) is 17.2 Å². The number of phenols is 1. The van der Waals surface area contributed by atoms with Crippen LogP contribution in [0.15, 0.2) is 18.2 Å². The van der Waals surface area contributed by atoms with Gasteiger partial charge in [-0.3, -0.25) is 0 Å². The average molecular weight is 326 g/mol. The standard InChI is InChI=1S/C17H27FN2O3/c1-6-13(20-16(22)23-17(3,4)5)10-19-11(2)14-8-7-12(18)9-15(14)21/h7-9,11,13,19,21H,6,10H2,1-5H3,(H,20,22). The van der Waals surface area contributed by atoms with Crippen molar-refractivity contribution in [3.05, 3.63) is 29.6 Å². The first kappa shape index (κ1) is 19.2. The first-order valence-electron chi connectivity index (χ1n) is 7.83. The molecule has 5 nitrogen and oxygen atoms in total. The summed E-state index contributed by atoms with van der Waals surface area (Å²) >= 11 is 0. The number of benzene rings is 1. The lowest BCUT2D eigenvalue weighted by molar-refractivity contribution is 0.0502. The summed E-state index contributed by atoms with van der Waals surface area (Å²) in [6, 6.07) is 3.66. The lowest BCUT2D eigenvalue weighted by Crippen LogP contribution is -2.44. The highest BCUT2D eigenvalue weighted by Gasteiger charge is 2.19. The molecule has 0 saturated carbocycles. The van der Waals surface area contributed by atoms with Gasteiger partial charge in [0.05, 0.1) is 0 Å². The summed E-state index contributed by atoms with van der Waals surface area (Å²) in [6.45, 7) is 9.77. The summed E-state index contributed by atoms with van der Waals surface area (Å²) < 4.78 is 18.3. The van der Waals surface area contributed by atoms with Crippen molar-refractivity contribution in [3.8, 4) is 5.75 Å². The smallest absolute Gasteiger partial charge is 0.407 e. The van der Waals surface area contributed by atoms with Crippen LogP contribution in [0.5, 0.6) is 5.75 Å². The van der Waals surface area contributed by atoms with Gasteiger partial charge in [0, 0.05) is 30.3 Å². The van der Waals surface area contributed by atoms with Crippen molar-refractivity contribution < 1.29 is 19.0 Å². The number of phenolic OH excluding ortho intramolecular Hbond substituents is 1. The zero-order chi connectivity index (χ0) is 17.6. The molecule has 0 aliphatic heterocycles. The predicted molar refractivity (Wildman–Crippen MR) is 87.9 cm³/mol. The fourth-order valence-corrected chi connectivity index (χ4v) is 2.08. The molecule has 1 aromatic carbocycles. The van der Waals surface area contributed by atoms with E-state index >= 15 is 0 Å². The highest BCUT2D eigenvalue weighted by molar-refractivity contribution is 5.68. The van der Waals surface area contributed by atoms with Crippen LogP contribution in [0.3, 0.4) is 0 Å². The van der Waals surface area contributed by atoms with Crippen LogP contribution in [0.4, 0.5) is 9.18 Å². The Morgan fingerprint density at radius 1 is 1.39 bits per heavy atom. The van der Waals surface area contributed by atoms with E-state index in [0.29, 0.717) is 12.1 Å². The average Bonchev–Trinajstić information content (AvgIpc) is 2.41. The molecular formula is C17H27FN2O3. The maximum absolute atomic E-state index is 13.0. The van der Waals surface area contributed by atoms with E-state index in [0.717, 1.165) is 12.5 Å². The lowest BCUT2D eigenvalue weighted by atomic mass is 10.1. The summed E-state index contributed by atoms with van der Waals surface area (Å²) in [6.07, 6.45) is 0.275. The molecule has 23 heavy (non-hydrogen) atoms. The van der Waals surface area contributed by atoms with Crippen molar-refractivity contribution in [2.24, 2.45) is 0 Å². The Kier molecular flexibility index (Phi) is 6.81. The number of hydrogen-bond acceptors (Lipinski definition) is 4. The van der Waals surface area contributed by atoms with Gasteiger partial charge < -0.3 is 20.5 Å². The van der Waals surface area contributed by atoms with E-state index < -0.39 is 17.5 Å². The maximum Gasteiger partial charge on any atom is 0.407 e. The second-order valence-corrected chi connectivity index (χ2v) is 6.58. The number of rotatable bonds is 6. The number of carbonyl (C=O) groups is 1. The van der Waals surface area contributed by atoms with Crippen molar-refractivity contribution >= 4 is 6.09 Å². The van der Waals surface area contributed by atoms with Gasteiger partial charge in [-0.1, -0.05) is 13.0 Å². The number of halogens is 1. The van der Waals surface area contributed by atoms with E-state index in [1.165, 1.54) is 6.07 Å². The topological polar surface area (TPSA) is 70.6 Å². The van der Waals surface area contributed by atoms with Crippen molar-refractivity contribution in [1.29, 1.82) is 0 Å². The molecule has 1 aromatic rings. The monoisotopic (exact) mass is 326 g/mol. The highest BCUT2D eigenvalue weighted by Crippen LogP contribution is 2.24. The molecule has 1 amide bonds. The number of nitrogens with one attached hydrogen (secondary N) is 2. The molecule has 0 bridgehead atoms. The van der Waals surface area contributed by atoms with Gasteiger partial charge in [0.2, 0.25) is 0 Å². The first-order valence-corrected chi connectivity index (χ1v) is 7.83. The Bertz CT molecular complexity index is 529. The van der Waals surface area contributed by atoms with Crippen LogP contribution in [0.1, 0.15) is 52.6 Å². The number of carbonyl (C=O) groups excluding carboxylic acids is 1. The van der Waals surface area contributed by atoms with E-state index in [2.05, 4.69) is 10.6 Å². The molecule has 2 atom stereocenters. The summed E-state index contributed by atoms with van der Waals surface area (Å²) in [5.41, 5.74) is 0.0710. The van der Waals surface area contributed by atoms with Crippen LogP contribution in [0.25, 0.3) is 0 Å². The minimum absolute atomic E-state index is 0.0850. The fraction of sp³-hybridized carbons (Fsp3) is 0.588. The molecule has 2 unspecified atom stereocenters. The third kappa shape index (κ3) is 6.86. The van der Waals surface area contributed by atoms with Gasteiger partial charge in [0.25, 0.3) is 0 Å². The van der Waals surface area contributed by atoms with Crippen LogP contribution in [0, 0.1) is 5.82 Å². The number of alkyl carbamates (subject to hydrolysis) is 1. The molecule has 0 aromatic heterocycles. The van der Waals surface area contributed by atoms with Crippen LogP contribution in [-0.2, 0) is 4.74 Å². The summed E-state index contributed by atoms with van der Waals surface area (Å²) in [4.78, 5) is 11.8. The third-order valence-corrected chi connectivity index (χ3v) is 3.34. The molecule has 130 valence electrons. The van der Waals surface area contributed by atoms with Crippen LogP contribution < -0.4 is 10.6 Å². The molecule has 0 heterocycles. The van der Waals surface area contributed by atoms with Crippen LogP contribution in [0.2, 0.25) is 0 Å². The zero-order valence-corrected chi connectivity index (χ0v) is 14.4. The predicted octanol–water partition coefficient (Wildman–Crippen LogP) is 3.49. The minimum Gasteiger partial charge on any atom is -0.508 e. The van der Waals surface area contributed by atoms with E-state index in [-0.39, 0.29) is 17.8 Å². The molecular weight excluding hydrogens is 299 g/mol. The van der Waals surface area contributed by atoms with Crippen molar-refractivity contribution in [3.63, 3.8) is 0 Å². The Labute approximate surface area is 137 Å². The molecule has 0 radical (unpaired) electrons. The number of aromatic hydroxyl groups is 1. The van der Waals surface area contributed by atoms with Crippen molar-refractivity contribution in [1.82, 2.24) is 10.6 Å². The molecule has 0 saturated heterocycles. The highest BCUT2D eigenvalue weighted by atomic mass is 19.1. The molecule has 3 N–H and O–H groups in total. The second-order valence-electron chi connectivity index (χ2n) is 6.58. The van der Waals surface area contributed by atoms with Gasteiger partial charge in [-0.15, -0.1) is 0 Å². The van der Waals surface area contributed by atoms with E-state index in [1.807, 2.05) is 34.6 Å². The summed E-state index contributed by atoms with van der Waals surface area (Å²) in [5.74, 6) is -0.561. The molecule has 0 spiro atoms. The Morgan fingerprint density at radius 2 is 2.04 bits per heavy atom. The molecule has 1 rings (SSSR count). The number of ether oxygens (including phenoxy) is 1. The van der Waals surface area contributed by atoms with Gasteiger partial charge in [-0.25, -0.2) is 9.18 Å². The second kappa shape index (κ2) is 8.15. The SMILES string of the molecule is CCC(CNC(C)c1ccc(F)cc1O)NC(=O)OC(C)(C)C. The van der Waals surface area contributed by atoms with E-state index in [9.17, 15) is 14.3 Å². The number of hydrogen-bond donors (Lipinski definition) is 3. The Hall–Kier alpha value is -1.82. The summed E-state index contributed by atoms with van der Waals surface area (Å²) in [5, 5.41) is 15.8. The molecule has 0 fully saturated rings. The van der Waals surface area contributed by atoms with Gasteiger partial charge in [0.15, 0.2) is 0 Å². The molecule has 0 aliphatic carbocycles. The van der Waals surface area contributed by atoms with Gasteiger partial charge in [-0.05, 0) is 40.2 Å². The largest absolute Gasteiger partial charge is 0.508 e. The number of amides is 1.